The van der Waals surface area contributed by atoms with E-state index in [1.54, 1.807) is 0 Å². The Balaban J connectivity index is 3.28. The van der Waals surface area contributed by atoms with Crippen molar-refractivity contribution in [2.75, 3.05) is 24.6 Å². The molecule has 0 fully saturated rings. The monoisotopic (exact) mass is 309 g/mol. The average molecular weight is 311 g/mol. The van der Waals surface area contributed by atoms with Crippen LogP contribution in [0.4, 0.5) is 5.69 Å². The Morgan fingerprint density at radius 1 is 1.22 bits per heavy atom. The maximum absolute atomic E-state index is 11.9. The molecule has 1 aromatic carbocycles. The van der Waals surface area contributed by atoms with E-state index < -0.39 is 0 Å². The fourth-order valence-corrected chi connectivity index (χ4v) is 2.24. The maximum Gasteiger partial charge on any atom is 0.243 e. The number of benzene rings is 1. The van der Waals surface area contributed by atoms with Crippen LogP contribution in [0.15, 0.2) is 18.2 Å². The van der Waals surface area contributed by atoms with Crippen LogP contribution in [0.1, 0.15) is 11.1 Å². The van der Waals surface area contributed by atoms with Crippen LogP contribution in [-0.4, -0.2) is 25.6 Å². The number of halogens is 3. The number of alkyl halides is 3. The zero-order valence-electron chi connectivity index (χ0n) is 9.96. The highest BCUT2D eigenvalue weighted by Gasteiger charge is 2.20. The maximum atomic E-state index is 11.9. The van der Waals surface area contributed by atoms with E-state index in [9.17, 15) is 4.79 Å². The van der Waals surface area contributed by atoms with Crippen molar-refractivity contribution < 1.29 is 9.53 Å². The molecule has 0 aliphatic rings. The molecule has 0 aliphatic heterocycles. The van der Waals surface area contributed by atoms with Crippen LogP contribution in [0, 0.1) is 0 Å². The van der Waals surface area contributed by atoms with Crippen molar-refractivity contribution in [2.45, 2.75) is 11.8 Å². The number of amides is 1. The van der Waals surface area contributed by atoms with Crippen LogP contribution in [0.2, 0.25) is 0 Å². The first-order chi connectivity index (χ1) is 8.69. The van der Waals surface area contributed by atoms with Gasteiger partial charge in [0.25, 0.3) is 0 Å². The van der Waals surface area contributed by atoms with Gasteiger partial charge in [0.1, 0.15) is 12.6 Å². The Morgan fingerprint density at radius 3 is 2.17 bits per heavy atom. The number of rotatable bonds is 6. The smallest absolute Gasteiger partial charge is 0.243 e. The van der Waals surface area contributed by atoms with Gasteiger partial charge in [-0.15, -0.1) is 34.8 Å². The molecule has 0 unspecified atom stereocenters. The molecule has 0 atom stereocenters. The molecular formula is C12H14Cl3NO2. The Morgan fingerprint density at radius 2 is 1.78 bits per heavy atom. The first-order valence-electron chi connectivity index (χ1n) is 5.27. The summed E-state index contributed by atoms with van der Waals surface area (Å²) in [6, 6.07) is 5.56. The van der Waals surface area contributed by atoms with Crippen molar-refractivity contribution >= 4 is 46.4 Å². The van der Waals surface area contributed by atoms with Gasteiger partial charge in [-0.2, -0.15) is 0 Å². The molecule has 0 bridgehead atoms. The lowest BCUT2D eigenvalue weighted by Crippen LogP contribution is -2.35. The molecule has 0 saturated heterocycles. The van der Waals surface area contributed by atoms with Crippen LogP contribution in [-0.2, 0) is 21.3 Å². The van der Waals surface area contributed by atoms with E-state index in [1.807, 2.05) is 18.2 Å². The predicted octanol–water partition coefficient (Wildman–Crippen LogP) is 3.34. The summed E-state index contributed by atoms with van der Waals surface area (Å²) in [4.78, 5) is 13.3. The molecule has 0 aliphatic carbocycles. The Kier molecular flexibility index (Phi) is 6.79. The molecule has 3 nitrogen and oxygen atoms in total. The van der Waals surface area contributed by atoms with E-state index in [4.69, 9.17) is 39.5 Å². The van der Waals surface area contributed by atoms with E-state index in [-0.39, 0.29) is 30.3 Å². The minimum atomic E-state index is -0.248. The van der Waals surface area contributed by atoms with Crippen LogP contribution in [0.25, 0.3) is 0 Å². The quantitative estimate of drug-likeness (QED) is 0.596. The summed E-state index contributed by atoms with van der Waals surface area (Å²) in [5, 5.41) is 0. The van der Waals surface area contributed by atoms with Crippen molar-refractivity contribution in [3.8, 4) is 0 Å². The van der Waals surface area contributed by atoms with Gasteiger partial charge >= 0.3 is 0 Å². The normalized spacial score (nSPS) is 10.4. The number of methoxy groups -OCH3 is 1. The predicted molar refractivity (Wildman–Crippen MR) is 75.6 cm³/mol. The van der Waals surface area contributed by atoms with E-state index >= 15 is 0 Å². The summed E-state index contributed by atoms with van der Waals surface area (Å²) in [5.74, 6) is 0.204. The average Bonchev–Trinajstić information content (AvgIpc) is 2.43. The molecule has 100 valence electrons. The molecule has 0 aromatic heterocycles. The Hall–Kier alpha value is -0.480. The minimum Gasteiger partial charge on any atom is -0.364 e. The second-order valence-electron chi connectivity index (χ2n) is 3.57. The molecular weight excluding hydrogens is 296 g/mol. The minimum absolute atomic E-state index is 0.114. The number of nitrogens with zero attached hydrogens (tertiary/aromatic N) is 1. The first kappa shape index (κ1) is 15.6. The van der Waals surface area contributed by atoms with Crippen LogP contribution < -0.4 is 4.90 Å². The zero-order chi connectivity index (χ0) is 13.5. The largest absolute Gasteiger partial charge is 0.364 e. The molecule has 0 N–H and O–H groups in total. The molecule has 0 spiro atoms. The highest BCUT2D eigenvalue weighted by Crippen LogP contribution is 2.28. The van der Waals surface area contributed by atoms with Gasteiger partial charge in [0.05, 0.1) is 5.69 Å². The third kappa shape index (κ3) is 3.51. The van der Waals surface area contributed by atoms with Crippen molar-refractivity contribution in [3.63, 3.8) is 0 Å². The third-order valence-electron chi connectivity index (χ3n) is 2.43. The first-order valence-corrected chi connectivity index (χ1v) is 6.87. The summed E-state index contributed by atoms with van der Waals surface area (Å²) in [6.07, 6.45) is 0. The topological polar surface area (TPSA) is 29.5 Å². The molecule has 18 heavy (non-hydrogen) atoms. The van der Waals surface area contributed by atoms with Gasteiger partial charge in [-0.05, 0) is 11.1 Å². The number of hydrogen-bond donors (Lipinski definition) is 0. The van der Waals surface area contributed by atoms with E-state index in [0.717, 1.165) is 11.1 Å². The van der Waals surface area contributed by atoms with Crippen molar-refractivity contribution in [1.82, 2.24) is 0 Å². The van der Waals surface area contributed by atoms with Crippen LogP contribution in [0.3, 0.4) is 0 Å². The molecule has 6 heteroatoms. The summed E-state index contributed by atoms with van der Waals surface area (Å²) in [6.45, 7) is 0.114. The Bertz CT molecular complexity index is 390. The van der Waals surface area contributed by atoms with Gasteiger partial charge in [-0.25, -0.2) is 0 Å². The van der Waals surface area contributed by atoms with Crippen molar-refractivity contribution in [3.05, 3.63) is 29.3 Å². The number of hydrogen-bond acceptors (Lipinski definition) is 2. The molecule has 1 amide bonds. The number of ether oxygens (including phenoxy) is 1. The van der Waals surface area contributed by atoms with Crippen LogP contribution in [0.5, 0.6) is 0 Å². The SMILES string of the molecule is COCN(C(=O)CCl)c1c(CCl)cccc1CCl. The van der Waals surface area contributed by atoms with Gasteiger partial charge in [0, 0.05) is 18.9 Å². The summed E-state index contributed by atoms with van der Waals surface area (Å²) in [7, 11) is 1.51. The highest BCUT2D eigenvalue weighted by atomic mass is 35.5. The molecule has 1 aromatic rings. The lowest BCUT2D eigenvalue weighted by atomic mass is 10.1. The van der Waals surface area contributed by atoms with E-state index in [0.29, 0.717) is 5.69 Å². The number of para-hydroxylation sites is 1. The number of anilines is 1. The van der Waals surface area contributed by atoms with E-state index in [2.05, 4.69) is 0 Å². The van der Waals surface area contributed by atoms with Gasteiger partial charge < -0.3 is 4.74 Å². The van der Waals surface area contributed by atoms with E-state index in [1.165, 1.54) is 12.0 Å². The van der Waals surface area contributed by atoms with Gasteiger partial charge in [0.2, 0.25) is 5.91 Å². The molecule has 1 rings (SSSR count). The zero-order valence-corrected chi connectivity index (χ0v) is 12.2. The fourth-order valence-electron chi connectivity index (χ4n) is 1.67. The molecule has 0 radical (unpaired) electrons. The lowest BCUT2D eigenvalue weighted by Gasteiger charge is -2.25. The second kappa shape index (κ2) is 7.85. The standard InChI is InChI=1S/C12H14Cl3NO2/c1-18-8-16(11(17)7-15)12-9(5-13)3-2-4-10(12)6-14/h2-4H,5-8H2,1H3. The van der Waals surface area contributed by atoms with Gasteiger partial charge in [-0.3, -0.25) is 9.69 Å². The summed E-state index contributed by atoms with van der Waals surface area (Å²) >= 11 is 17.4. The van der Waals surface area contributed by atoms with Crippen molar-refractivity contribution in [1.29, 1.82) is 0 Å². The number of carbonyl (C=O) groups is 1. The Labute approximate surface area is 122 Å². The summed E-state index contributed by atoms with van der Waals surface area (Å²) < 4.78 is 5.04. The third-order valence-corrected chi connectivity index (χ3v) is 3.24. The molecule has 0 heterocycles. The molecule has 0 saturated carbocycles. The number of carbonyl (C=O) groups excluding carboxylic acids is 1. The van der Waals surface area contributed by atoms with Crippen molar-refractivity contribution in [2.24, 2.45) is 0 Å². The second-order valence-corrected chi connectivity index (χ2v) is 4.37. The van der Waals surface area contributed by atoms with Gasteiger partial charge in [-0.1, -0.05) is 18.2 Å². The highest BCUT2D eigenvalue weighted by molar-refractivity contribution is 6.29. The van der Waals surface area contributed by atoms with Gasteiger partial charge in [0.15, 0.2) is 0 Å². The fraction of sp³-hybridized carbons (Fsp3) is 0.417. The van der Waals surface area contributed by atoms with Crippen LogP contribution >= 0.6 is 34.8 Å². The lowest BCUT2D eigenvalue weighted by molar-refractivity contribution is -0.117. The summed E-state index contributed by atoms with van der Waals surface area (Å²) in [5.41, 5.74) is 2.34.